The lowest BCUT2D eigenvalue weighted by Gasteiger charge is -2.39. The van der Waals surface area contributed by atoms with E-state index in [1.54, 1.807) is 4.90 Å². The van der Waals surface area contributed by atoms with Gasteiger partial charge in [0.1, 0.15) is 0 Å². The first-order valence-electron chi connectivity index (χ1n) is 8.95. The molecule has 0 aliphatic carbocycles. The highest BCUT2D eigenvalue weighted by molar-refractivity contribution is 5.85. The lowest BCUT2D eigenvalue weighted by Crippen LogP contribution is -2.48. The second kappa shape index (κ2) is 8.34. The van der Waals surface area contributed by atoms with Crippen LogP contribution in [-0.4, -0.2) is 60.9 Å². The molecule has 1 spiro atoms. The molecule has 3 saturated heterocycles. The zero-order valence-corrected chi connectivity index (χ0v) is 14.8. The highest BCUT2D eigenvalue weighted by Crippen LogP contribution is 2.36. The van der Waals surface area contributed by atoms with Gasteiger partial charge in [0, 0.05) is 32.6 Å². The molecule has 0 aromatic rings. The predicted molar refractivity (Wildman–Crippen MR) is 92.6 cm³/mol. The summed E-state index contributed by atoms with van der Waals surface area (Å²) in [4.78, 5) is 28.4. The summed E-state index contributed by atoms with van der Waals surface area (Å²) in [7, 11) is 0. The zero-order valence-electron chi connectivity index (χ0n) is 14.0. The van der Waals surface area contributed by atoms with Crippen LogP contribution in [-0.2, 0) is 9.59 Å². The van der Waals surface area contributed by atoms with Gasteiger partial charge in [-0.2, -0.15) is 0 Å². The summed E-state index contributed by atoms with van der Waals surface area (Å²) < 4.78 is 0. The van der Waals surface area contributed by atoms with Gasteiger partial charge in [0.15, 0.2) is 0 Å². The van der Waals surface area contributed by atoms with Crippen molar-refractivity contribution < 1.29 is 9.59 Å². The van der Waals surface area contributed by atoms with Crippen LogP contribution in [0.2, 0.25) is 0 Å². The second-order valence-electron chi connectivity index (χ2n) is 7.29. The molecule has 5 nitrogen and oxygen atoms in total. The number of likely N-dealkylation sites (tertiary alicyclic amines) is 2. The molecule has 3 fully saturated rings. The maximum absolute atomic E-state index is 12.5. The minimum Gasteiger partial charge on any atom is -0.341 e. The number of carbonyl (C=O) groups is 2. The van der Waals surface area contributed by atoms with Crippen molar-refractivity contribution in [2.75, 3.05) is 39.3 Å². The Morgan fingerprint density at radius 1 is 1.04 bits per heavy atom. The molecule has 0 radical (unpaired) electrons. The fourth-order valence-corrected chi connectivity index (χ4v) is 4.10. The van der Waals surface area contributed by atoms with Gasteiger partial charge in [-0.15, -0.1) is 12.4 Å². The van der Waals surface area contributed by atoms with Crippen molar-refractivity contribution in [3.63, 3.8) is 0 Å². The van der Waals surface area contributed by atoms with Crippen LogP contribution in [0.25, 0.3) is 0 Å². The lowest BCUT2D eigenvalue weighted by atomic mass is 9.78. The van der Waals surface area contributed by atoms with Gasteiger partial charge in [-0.3, -0.25) is 9.59 Å². The van der Waals surface area contributed by atoms with Gasteiger partial charge in [0.2, 0.25) is 11.8 Å². The highest BCUT2D eigenvalue weighted by atomic mass is 35.5. The predicted octanol–water partition coefficient (Wildman–Crippen LogP) is 1.80. The van der Waals surface area contributed by atoms with E-state index in [1.165, 1.54) is 12.8 Å². The van der Waals surface area contributed by atoms with Crippen LogP contribution in [0.5, 0.6) is 0 Å². The Bertz CT molecular complexity index is 414. The molecule has 132 valence electrons. The Labute approximate surface area is 145 Å². The van der Waals surface area contributed by atoms with Crippen molar-refractivity contribution in [1.82, 2.24) is 15.1 Å². The van der Waals surface area contributed by atoms with E-state index >= 15 is 0 Å². The zero-order chi connectivity index (χ0) is 15.4. The third-order valence-corrected chi connectivity index (χ3v) is 5.76. The van der Waals surface area contributed by atoms with Crippen LogP contribution in [0.15, 0.2) is 0 Å². The molecular weight excluding hydrogens is 314 g/mol. The number of carbonyl (C=O) groups excluding carboxylic acids is 2. The SMILES string of the molecule is Cl.O=C(CN1CCCCCCC1=O)N1CCC2(CCNC2)CC1. The Kier molecular flexibility index (Phi) is 6.72. The van der Waals surface area contributed by atoms with Crippen molar-refractivity contribution in [2.45, 2.75) is 51.4 Å². The first-order chi connectivity index (χ1) is 10.7. The summed E-state index contributed by atoms with van der Waals surface area (Å²) >= 11 is 0. The molecule has 6 heteroatoms. The van der Waals surface area contributed by atoms with Gasteiger partial charge in [-0.25, -0.2) is 0 Å². The Morgan fingerprint density at radius 2 is 1.78 bits per heavy atom. The molecule has 23 heavy (non-hydrogen) atoms. The van der Waals surface area contributed by atoms with Crippen molar-refractivity contribution in [2.24, 2.45) is 5.41 Å². The third kappa shape index (κ3) is 4.60. The van der Waals surface area contributed by atoms with Gasteiger partial charge in [0.25, 0.3) is 0 Å². The Balaban J connectivity index is 0.00000192. The number of rotatable bonds is 2. The minimum atomic E-state index is 0. The normalized spacial score (nSPS) is 25.0. The number of hydrogen-bond donors (Lipinski definition) is 1. The first-order valence-corrected chi connectivity index (χ1v) is 8.95. The van der Waals surface area contributed by atoms with Gasteiger partial charge in [-0.05, 0) is 44.1 Å². The van der Waals surface area contributed by atoms with E-state index < -0.39 is 0 Å². The summed E-state index contributed by atoms with van der Waals surface area (Å²) in [5.41, 5.74) is 0.438. The first kappa shape index (κ1) is 18.5. The molecule has 3 aliphatic rings. The van der Waals surface area contributed by atoms with Crippen molar-refractivity contribution in [3.8, 4) is 0 Å². The van der Waals surface area contributed by atoms with Gasteiger partial charge >= 0.3 is 0 Å². The molecule has 2 amide bonds. The number of piperidine rings is 1. The van der Waals surface area contributed by atoms with Crippen LogP contribution < -0.4 is 5.32 Å². The third-order valence-electron chi connectivity index (χ3n) is 5.76. The molecule has 0 atom stereocenters. The molecule has 0 aromatic heterocycles. The van der Waals surface area contributed by atoms with E-state index in [0.29, 0.717) is 18.4 Å². The van der Waals surface area contributed by atoms with Crippen molar-refractivity contribution in [3.05, 3.63) is 0 Å². The van der Waals surface area contributed by atoms with E-state index in [9.17, 15) is 9.59 Å². The largest absolute Gasteiger partial charge is 0.341 e. The van der Waals surface area contributed by atoms with E-state index in [4.69, 9.17) is 0 Å². The van der Waals surface area contributed by atoms with Gasteiger partial charge in [-0.1, -0.05) is 12.8 Å². The molecule has 0 saturated carbocycles. The maximum atomic E-state index is 12.5. The quantitative estimate of drug-likeness (QED) is 0.832. The summed E-state index contributed by atoms with van der Waals surface area (Å²) in [5.74, 6) is 0.316. The summed E-state index contributed by atoms with van der Waals surface area (Å²) in [6.07, 6.45) is 8.42. The number of hydrogen-bond acceptors (Lipinski definition) is 3. The van der Waals surface area contributed by atoms with Crippen LogP contribution in [0.1, 0.15) is 51.4 Å². The van der Waals surface area contributed by atoms with Gasteiger partial charge in [0.05, 0.1) is 6.54 Å². The lowest BCUT2D eigenvalue weighted by molar-refractivity contribution is -0.142. The van der Waals surface area contributed by atoms with Crippen LogP contribution >= 0.6 is 12.4 Å². The van der Waals surface area contributed by atoms with Crippen LogP contribution in [0.3, 0.4) is 0 Å². The Morgan fingerprint density at radius 3 is 2.48 bits per heavy atom. The number of halogens is 1. The topological polar surface area (TPSA) is 52.7 Å². The highest BCUT2D eigenvalue weighted by Gasteiger charge is 2.38. The fourth-order valence-electron chi connectivity index (χ4n) is 4.10. The monoisotopic (exact) mass is 343 g/mol. The number of amides is 2. The van der Waals surface area contributed by atoms with E-state index in [-0.39, 0.29) is 24.2 Å². The minimum absolute atomic E-state index is 0. The molecular formula is C17H30ClN3O2. The second-order valence-corrected chi connectivity index (χ2v) is 7.29. The summed E-state index contributed by atoms with van der Waals surface area (Å²) in [5, 5.41) is 3.45. The van der Waals surface area contributed by atoms with Crippen LogP contribution in [0.4, 0.5) is 0 Å². The molecule has 3 aliphatic heterocycles. The van der Waals surface area contributed by atoms with E-state index in [1.807, 2.05) is 4.90 Å². The molecule has 0 bridgehead atoms. The van der Waals surface area contributed by atoms with Crippen molar-refractivity contribution in [1.29, 1.82) is 0 Å². The van der Waals surface area contributed by atoms with E-state index in [2.05, 4.69) is 5.32 Å². The molecule has 0 aromatic carbocycles. The number of nitrogens with zero attached hydrogens (tertiary/aromatic N) is 2. The molecule has 3 heterocycles. The number of nitrogens with one attached hydrogen (secondary N) is 1. The molecule has 3 rings (SSSR count). The van der Waals surface area contributed by atoms with Crippen molar-refractivity contribution >= 4 is 24.2 Å². The van der Waals surface area contributed by atoms with Crippen LogP contribution in [0, 0.1) is 5.41 Å². The standard InChI is InChI=1S/C17H29N3O2.ClH/c21-15-5-3-1-2-4-10-20(15)13-16(22)19-11-7-17(8-12-19)6-9-18-14-17;/h18H,1-14H2;1H. The average Bonchev–Trinajstić information content (AvgIpc) is 2.96. The fraction of sp³-hybridized carbons (Fsp3) is 0.882. The summed E-state index contributed by atoms with van der Waals surface area (Å²) in [6.45, 7) is 5.01. The molecule has 0 unspecified atom stereocenters. The smallest absolute Gasteiger partial charge is 0.242 e. The molecule has 1 N–H and O–H groups in total. The summed E-state index contributed by atoms with van der Waals surface area (Å²) in [6, 6.07) is 0. The van der Waals surface area contributed by atoms with Gasteiger partial charge < -0.3 is 15.1 Å². The maximum Gasteiger partial charge on any atom is 0.242 e. The Hall–Kier alpha value is -0.810. The average molecular weight is 344 g/mol. The van der Waals surface area contributed by atoms with E-state index in [0.717, 1.165) is 64.8 Å².